The summed E-state index contributed by atoms with van der Waals surface area (Å²) in [5.74, 6) is 0.583. The summed E-state index contributed by atoms with van der Waals surface area (Å²) >= 11 is 5.96. The summed E-state index contributed by atoms with van der Waals surface area (Å²) in [4.78, 5) is 0. The molecule has 0 aromatic heterocycles. The average molecular weight is 288 g/mol. The molecule has 0 aliphatic heterocycles. The van der Waals surface area contributed by atoms with Crippen LogP contribution in [0.3, 0.4) is 0 Å². The lowest BCUT2D eigenvalue weighted by Crippen LogP contribution is -2.47. The molecule has 1 aromatic carbocycles. The lowest BCUT2D eigenvalue weighted by Gasteiger charge is -2.26. The van der Waals surface area contributed by atoms with Gasteiger partial charge in [-0.3, -0.25) is 0 Å². The van der Waals surface area contributed by atoms with Gasteiger partial charge >= 0.3 is 0 Å². The number of hydrogen-bond acceptors (Lipinski definition) is 4. The molecule has 108 valence electrons. The molecule has 5 heteroatoms. The van der Waals surface area contributed by atoms with Crippen molar-refractivity contribution >= 4 is 11.6 Å². The maximum Gasteiger partial charge on any atom is 0.138 e. The zero-order valence-corrected chi connectivity index (χ0v) is 12.4. The van der Waals surface area contributed by atoms with E-state index in [0.717, 1.165) is 0 Å². The summed E-state index contributed by atoms with van der Waals surface area (Å²) in [5, 5.41) is 13.6. The Hall–Kier alpha value is -0.810. The number of halogens is 1. The highest BCUT2D eigenvalue weighted by atomic mass is 35.5. The van der Waals surface area contributed by atoms with Crippen molar-refractivity contribution in [2.45, 2.75) is 25.5 Å². The topological polar surface area (TPSA) is 50.7 Å². The minimum Gasteiger partial charge on any atom is -0.489 e. The van der Waals surface area contributed by atoms with Crippen molar-refractivity contribution in [2.75, 3.05) is 26.9 Å². The van der Waals surface area contributed by atoms with Crippen molar-refractivity contribution in [3.05, 3.63) is 29.3 Å². The second-order valence-electron chi connectivity index (χ2n) is 5.09. The molecular weight excluding hydrogens is 266 g/mol. The van der Waals surface area contributed by atoms with Gasteiger partial charge in [-0.15, -0.1) is 0 Å². The largest absolute Gasteiger partial charge is 0.489 e. The summed E-state index contributed by atoms with van der Waals surface area (Å²) < 4.78 is 10.6. The highest BCUT2D eigenvalue weighted by molar-refractivity contribution is 6.32. The average Bonchev–Trinajstić information content (AvgIpc) is 2.35. The first-order valence-corrected chi connectivity index (χ1v) is 6.62. The van der Waals surface area contributed by atoms with Crippen molar-refractivity contribution in [3.8, 4) is 5.75 Å². The molecule has 0 radical (unpaired) electrons. The Kier molecular flexibility index (Phi) is 6.58. The van der Waals surface area contributed by atoms with E-state index < -0.39 is 6.10 Å². The van der Waals surface area contributed by atoms with Crippen LogP contribution in [0.15, 0.2) is 24.3 Å². The second kappa shape index (κ2) is 7.70. The molecule has 0 aliphatic rings. The fraction of sp³-hybridized carbons (Fsp3) is 0.571. The third-order valence-corrected chi connectivity index (χ3v) is 2.90. The van der Waals surface area contributed by atoms with Gasteiger partial charge in [-0.1, -0.05) is 23.7 Å². The number of methoxy groups -OCH3 is 1. The van der Waals surface area contributed by atoms with Gasteiger partial charge in [0.1, 0.15) is 18.5 Å². The van der Waals surface area contributed by atoms with Crippen molar-refractivity contribution in [1.82, 2.24) is 5.32 Å². The summed E-state index contributed by atoms with van der Waals surface area (Å²) in [6.07, 6.45) is -0.604. The van der Waals surface area contributed by atoms with E-state index in [-0.39, 0.29) is 12.1 Å². The van der Waals surface area contributed by atoms with Gasteiger partial charge in [0.25, 0.3) is 0 Å². The van der Waals surface area contributed by atoms with Crippen LogP contribution in [0.4, 0.5) is 0 Å². The van der Waals surface area contributed by atoms with Gasteiger partial charge in [0, 0.05) is 19.2 Å². The molecule has 0 saturated carbocycles. The second-order valence-corrected chi connectivity index (χ2v) is 5.50. The van der Waals surface area contributed by atoms with Gasteiger partial charge in [-0.2, -0.15) is 0 Å². The van der Waals surface area contributed by atoms with Crippen molar-refractivity contribution in [1.29, 1.82) is 0 Å². The molecule has 1 unspecified atom stereocenters. The fourth-order valence-electron chi connectivity index (χ4n) is 1.61. The Morgan fingerprint density at radius 3 is 2.68 bits per heavy atom. The highest BCUT2D eigenvalue weighted by Crippen LogP contribution is 2.23. The number of β-amino-alcohol motifs (C(OH)–C–C–N with tert-alkyl or cyclic N) is 1. The van der Waals surface area contributed by atoms with Gasteiger partial charge in [-0.05, 0) is 26.0 Å². The van der Waals surface area contributed by atoms with Crippen molar-refractivity contribution in [2.24, 2.45) is 0 Å². The molecule has 0 bridgehead atoms. The zero-order valence-electron chi connectivity index (χ0n) is 11.6. The van der Waals surface area contributed by atoms with Gasteiger partial charge in [0.2, 0.25) is 0 Å². The van der Waals surface area contributed by atoms with Crippen molar-refractivity contribution < 1.29 is 14.6 Å². The van der Waals surface area contributed by atoms with Crippen LogP contribution in [0.5, 0.6) is 5.75 Å². The Morgan fingerprint density at radius 2 is 2.05 bits per heavy atom. The third kappa shape index (κ3) is 6.25. The SMILES string of the molecule is COCC(C)(C)NCC(O)COc1ccccc1Cl. The monoisotopic (exact) mass is 287 g/mol. The fourth-order valence-corrected chi connectivity index (χ4v) is 1.80. The van der Waals surface area contributed by atoms with E-state index in [1.54, 1.807) is 19.2 Å². The van der Waals surface area contributed by atoms with Gasteiger partial charge in [-0.25, -0.2) is 0 Å². The standard InChI is InChI=1S/C14H22ClNO3/c1-14(2,10-18-3)16-8-11(17)9-19-13-7-5-4-6-12(13)15/h4-7,11,16-17H,8-10H2,1-3H3. The minimum atomic E-state index is -0.604. The van der Waals surface area contributed by atoms with Gasteiger partial charge in [0.15, 0.2) is 0 Å². The molecule has 1 atom stereocenters. The van der Waals surface area contributed by atoms with Crippen LogP contribution >= 0.6 is 11.6 Å². The van der Waals surface area contributed by atoms with E-state index in [9.17, 15) is 5.11 Å². The quantitative estimate of drug-likeness (QED) is 0.769. The van der Waals surface area contributed by atoms with Crippen LogP contribution in [0.2, 0.25) is 5.02 Å². The maximum absolute atomic E-state index is 9.86. The van der Waals surface area contributed by atoms with E-state index in [0.29, 0.717) is 23.9 Å². The first-order valence-electron chi connectivity index (χ1n) is 6.24. The molecule has 0 fully saturated rings. The predicted octanol–water partition coefficient (Wildman–Crippen LogP) is 2.09. The lowest BCUT2D eigenvalue weighted by molar-refractivity contribution is 0.0814. The molecule has 0 spiro atoms. The van der Waals surface area contributed by atoms with E-state index >= 15 is 0 Å². The molecule has 19 heavy (non-hydrogen) atoms. The molecule has 0 saturated heterocycles. The normalized spacial score (nSPS) is 13.3. The van der Waals surface area contributed by atoms with E-state index in [1.807, 2.05) is 26.0 Å². The van der Waals surface area contributed by atoms with Crippen LogP contribution in [0, 0.1) is 0 Å². The van der Waals surface area contributed by atoms with Crippen LogP contribution < -0.4 is 10.1 Å². The number of rotatable bonds is 8. The first kappa shape index (κ1) is 16.2. The Morgan fingerprint density at radius 1 is 1.37 bits per heavy atom. The molecule has 4 nitrogen and oxygen atoms in total. The number of aliphatic hydroxyl groups is 1. The molecular formula is C14H22ClNO3. The molecule has 0 aliphatic carbocycles. The Bertz CT molecular complexity index is 385. The number of ether oxygens (including phenoxy) is 2. The van der Waals surface area contributed by atoms with E-state index in [4.69, 9.17) is 21.1 Å². The number of aliphatic hydroxyl groups excluding tert-OH is 1. The lowest BCUT2D eigenvalue weighted by atomic mass is 10.1. The van der Waals surface area contributed by atoms with Gasteiger partial charge < -0.3 is 19.9 Å². The Labute approximate surface area is 119 Å². The molecule has 2 N–H and O–H groups in total. The smallest absolute Gasteiger partial charge is 0.138 e. The predicted molar refractivity (Wildman–Crippen MR) is 76.9 cm³/mol. The molecule has 0 amide bonds. The number of para-hydroxylation sites is 1. The van der Waals surface area contributed by atoms with Crippen LogP contribution in [0.25, 0.3) is 0 Å². The summed E-state index contributed by atoms with van der Waals surface area (Å²) in [5.41, 5.74) is -0.180. The van der Waals surface area contributed by atoms with Crippen LogP contribution in [-0.4, -0.2) is 43.6 Å². The molecule has 1 aromatic rings. The van der Waals surface area contributed by atoms with E-state index in [2.05, 4.69) is 5.32 Å². The van der Waals surface area contributed by atoms with Crippen LogP contribution in [-0.2, 0) is 4.74 Å². The van der Waals surface area contributed by atoms with Crippen LogP contribution in [0.1, 0.15) is 13.8 Å². The Balaban J connectivity index is 2.32. The van der Waals surface area contributed by atoms with Crippen molar-refractivity contribution in [3.63, 3.8) is 0 Å². The van der Waals surface area contributed by atoms with Gasteiger partial charge in [0.05, 0.1) is 11.6 Å². The first-order chi connectivity index (χ1) is 8.94. The summed E-state index contributed by atoms with van der Waals surface area (Å²) in [7, 11) is 1.65. The molecule has 1 rings (SSSR count). The summed E-state index contributed by atoms with van der Waals surface area (Å²) in [6, 6.07) is 7.20. The minimum absolute atomic E-state index is 0.180. The number of hydrogen-bond donors (Lipinski definition) is 2. The summed E-state index contributed by atoms with van der Waals surface area (Å²) in [6.45, 7) is 5.22. The highest BCUT2D eigenvalue weighted by Gasteiger charge is 2.18. The maximum atomic E-state index is 9.86. The number of nitrogens with one attached hydrogen (secondary N) is 1. The van der Waals surface area contributed by atoms with E-state index in [1.165, 1.54) is 0 Å². The molecule has 0 heterocycles. The third-order valence-electron chi connectivity index (χ3n) is 2.59. The zero-order chi connectivity index (χ0) is 14.3. The number of benzene rings is 1.